The van der Waals surface area contributed by atoms with E-state index in [4.69, 9.17) is 5.73 Å². The van der Waals surface area contributed by atoms with Crippen molar-refractivity contribution in [1.29, 1.82) is 0 Å². The second-order valence-corrected chi connectivity index (χ2v) is 5.14. The molecule has 2 rings (SSSR count). The molecule has 1 unspecified atom stereocenters. The molecule has 17 heavy (non-hydrogen) atoms. The lowest BCUT2D eigenvalue weighted by Gasteiger charge is -2.02. The Bertz CT molecular complexity index is 527. The first-order chi connectivity index (χ1) is 8.04. The molecular weight excluding hydrogens is 232 g/mol. The fourth-order valence-electron chi connectivity index (χ4n) is 1.89. The average molecular weight is 250 g/mol. The van der Waals surface area contributed by atoms with Crippen LogP contribution >= 0.6 is 11.3 Å². The van der Waals surface area contributed by atoms with E-state index in [0.717, 1.165) is 34.1 Å². The summed E-state index contributed by atoms with van der Waals surface area (Å²) >= 11 is 1.63. The van der Waals surface area contributed by atoms with Crippen LogP contribution in [0.4, 0.5) is 0 Å². The van der Waals surface area contributed by atoms with Gasteiger partial charge in [0.15, 0.2) is 0 Å². The second kappa shape index (κ2) is 4.58. The van der Waals surface area contributed by atoms with E-state index in [1.54, 1.807) is 11.3 Å². The van der Waals surface area contributed by atoms with Gasteiger partial charge >= 0.3 is 0 Å². The minimum absolute atomic E-state index is 0.0473. The number of thiazole rings is 1. The number of nitrogens with two attached hydrogens (primary N) is 1. The largest absolute Gasteiger partial charge is 0.322 e. The van der Waals surface area contributed by atoms with Crippen molar-refractivity contribution in [3.8, 4) is 11.3 Å². The summed E-state index contributed by atoms with van der Waals surface area (Å²) in [5, 5.41) is 7.49. The third-order valence-corrected chi connectivity index (χ3v) is 4.02. The fourth-order valence-corrected chi connectivity index (χ4v) is 2.79. The summed E-state index contributed by atoms with van der Waals surface area (Å²) in [6, 6.07) is 0.0473. The molecule has 0 saturated heterocycles. The Morgan fingerprint density at radius 1 is 1.47 bits per heavy atom. The van der Waals surface area contributed by atoms with Crippen LogP contribution in [0.5, 0.6) is 0 Å². The summed E-state index contributed by atoms with van der Waals surface area (Å²) in [4.78, 5) is 4.63. The molecule has 0 saturated carbocycles. The third-order valence-electron chi connectivity index (χ3n) is 3.04. The van der Waals surface area contributed by atoms with Crippen LogP contribution in [0, 0.1) is 13.8 Å². The number of hydrogen-bond acceptors (Lipinski definition) is 4. The summed E-state index contributed by atoms with van der Waals surface area (Å²) in [6.07, 6.45) is 0.915. The van der Waals surface area contributed by atoms with E-state index in [-0.39, 0.29) is 6.04 Å². The molecule has 0 aliphatic carbocycles. The Balaban J connectivity index is 2.43. The molecule has 5 heteroatoms. The molecule has 0 aliphatic heterocycles. The van der Waals surface area contributed by atoms with Crippen molar-refractivity contribution in [3.63, 3.8) is 0 Å². The molecule has 0 radical (unpaired) electrons. The van der Waals surface area contributed by atoms with Gasteiger partial charge in [0.05, 0.1) is 17.4 Å². The summed E-state index contributed by atoms with van der Waals surface area (Å²) < 4.78 is 1.89. The van der Waals surface area contributed by atoms with Crippen molar-refractivity contribution in [2.75, 3.05) is 0 Å². The van der Waals surface area contributed by atoms with Gasteiger partial charge in [0, 0.05) is 23.7 Å². The minimum atomic E-state index is 0.0473. The molecule has 0 bridgehead atoms. The Labute approximate surface area is 105 Å². The number of aryl methyl sites for hydroxylation is 2. The van der Waals surface area contributed by atoms with Crippen LogP contribution in [-0.4, -0.2) is 14.8 Å². The van der Waals surface area contributed by atoms with Gasteiger partial charge in [-0.05, 0) is 20.3 Å². The van der Waals surface area contributed by atoms with Crippen molar-refractivity contribution in [1.82, 2.24) is 14.8 Å². The molecule has 0 amide bonds. The van der Waals surface area contributed by atoms with Gasteiger partial charge < -0.3 is 5.73 Å². The van der Waals surface area contributed by atoms with Crippen LogP contribution in [0.15, 0.2) is 5.38 Å². The van der Waals surface area contributed by atoms with E-state index in [0.29, 0.717) is 0 Å². The van der Waals surface area contributed by atoms with E-state index < -0.39 is 0 Å². The average Bonchev–Trinajstić information content (AvgIpc) is 2.85. The Hall–Kier alpha value is -1.20. The van der Waals surface area contributed by atoms with Crippen molar-refractivity contribution < 1.29 is 0 Å². The van der Waals surface area contributed by atoms with Crippen LogP contribution in [0.25, 0.3) is 11.3 Å². The van der Waals surface area contributed by atoms with E-state index >= 15 is 0 Å². The number of aromatic nitrogens is 3. The van der Waals surface area contributed by atoms with Crippen LogP contribution in [0.1, 0.15) is 35.8 Å². The Morgan fingerprint density at radius 3 is 2.71 bits per heavy atom. The first-order valence-electron chi connectivity index (χ1n) is 5.76. The molecule has 2 heterocycles. The lowest BCUT2D eigenvalue weighted by molar-refractivity contribution is 0.693. The highest BCUT2D eigenvalue weighted by molar-refractivity contribution is 7.10. The quantitative estimate of drug-likeness (QED) is 0.911. The first-order valence-corrected chi connectivity index (χ1v) is 6.64. The highest BCUT2D eigenvalue weighted by Crippen LogP contribution is 2.29. The topological polar surface area (TPSA) is 56.7 Å². The molecule has 2 aromatic rings. The lowest BCUT2D eigenvalue weighted by Crippen LogP contribution is -2.07. The number of rotatable bonds is 3. The molecule has 1 atom stereocenters. The first kappa shape index (κ1) is 12.3. The van der Waals surface area contributed by atoms with Gasteiger partial charge in [-0.3, -0.25) is 4.68 Å². The molecule has 2 aromatic heterocycles. The molecule has 0 aliphatic rings. The maximum Gasteiger partial charge on any atom is 0.110 e. The normalized spacial score (nSPS) is 13.0. The monoisotopic (exact) mass is 250 g/mol. The van der Waals surface area contributed by atoms with Crippen molar-refractivity contribution in [2.45, 2.75) is 33.2 Å². The maximum absolute atomic E-state index is 5.99. The Morgan fingerprint density at radius 2 is 2.18 bits per heavy atom. The summed E-state index contributed by atoms with van der Waals surface area (Å²) in [7, 11) is 1.96. The molecule has 2 N–H and O–H groups in total. The van der Waals surface area contributed by atoms with Crippen molar-refractivity contribution in [3.05, 3.63) is 21.8 Å². The van der Waals surface area contributed by atoms with Gasteiger partial charge in [-0.1, -0.05) is 6.92 Å². The highest BCUT2D eigenvalue weighted by atomic mass is 32.1. The molecule has 0 spiro atoms. The van der Waals surface area contributed by atoms with Crippen LogP contribution in [-0.2, 0) is 7.05 Å². The molecule has 92 valence electrons. The van der Waals surface area contributed by atoms with E-state index in [1.807, 2.05) is 18.7 Å². The van der Waals surface area contributed by atoms with Gasteiger partial charge in [-0.2, -0.15) is 5.10 Å². The van der Waals surface area contributed by atoms with E-state index in [1.165, 1.54) is 0 Å². The fraction of sp³-hybridized carbons (Fsp3) is 0.500. The zero-order valence-electron chi connectivity index (χ0n) is 10.7. The lowest BCUT2D eigenvalue weighted by atomic mass is 10.1. The highest BCUT2D eigenvalue weighted by Gasteiger charge is 2.16. The summed E-state index contributed by atoms with van der Waals surface area (Å²) in [5.74, 6) is 0. The smallest absolute Gasteiger partial charge is 0.110 e. The minimum Gasteiger partial charge on any atom is -0.322 e. The van der Waals surface area contributed by atoms with Gasteiger partial charge in [-0.25, -0.2) is 4.98 Å². The number of hydrogen-bond donors (Lipinski definition) is 1. The van der Waals surface area contributed by atoms with E-state index in [9.17, 15) is 0 Å². The zero-order chi connectivity index (χ0) is 12.6. The maximum atomic E-state index is 5.99. The van der Waals surface area contributed by atoms with Gasteiger partial charge in [0.25, 0.3) is 0 Å². The van der Waals surface area contributed by atoms with E-state index in [2.05, 4.69) is 29.3 Å². The number of nitrogens with zero attached hydrogens (tertiary/aromatic N) is 3. The van der Waals surface area contributed by atoms with Gasteiger partial charge in [0.2, 0.25) is 0 Å². The van der Waals surface area contributed by atoms with Crippen LogP contribution in [0.3, 0.4) is 0 Å². The SMILES string of the molecule is CCC(N)c1nc(-c2c(C)nn(C)c2C)cs1. The zero-order valence-corrected chi connectivity index (χ0v) is 11.5. The van der Waals surface area contributed by atoms with Gasteiger partial charge in [0.1, 0.15) is 5.01 Å². The molecular formula is C12H18N4S. The predicted octanol–water partition coefficient (Wildman–Crippen LogP) is 2.57. The molecule has 0 fully saturated rings. The standard InChI is InChI=1S/C12H18N4S/c1-5-9(13)12-14-10(6-17-12)11-7(2)15-16(4)8(11)3/h6,9H,5,13H2,1-4H3. The van der Waals surface area contributed by atoms with Crippen molar-refractivity contribution in [2.24, 2.45) is 12.8 Å². The van der Waals surface area contributed by atoms with Crippen molar-refractivity contribution >= 4 is 11.3 Å². The third kappa shape index (κ3) is 2.12. The second-order valence-electron chi connectivity index (χ2n) is 4.26. The van der Waals surface area contributed by atoms with Gasteiger partial charge in [-0.15, -0.1) is 11.3 Å². The summed E-state index contributed by atoms with van der Waals surface area (Å²) in [6.45, 7) is 6.15. The molecule has 0 aromatic carbocycles. The summed E-state index contributed by atoms with van der Waals surface area (Å²) in [5.41, 5.74) is 10.3. The van der Waals surface area contributed by atoms with Crippen LogP contribution < -0.4 is 5.73 Å². The van der Waals surface area contributed by atoms with Crippen LogP contribution in [0.2, 0.25) is 0 Å². The Kier molecular flexibility index (Phi) is 3.31. The predicted molar refractivity (Wildman–Crippen MR) is 71.0 cm³/mol. The molecule has 4 nitrogen and oxygen atoms in total.